The topological polar surface area (TPSA) is 95.4 Å². The Morgan fingerprint density at radius 1 is 1.59 bits per heavy atom. The molecule has 1 aliphatic carbocycles. The van der Waals surface area contributed by atoms with E-state index in [1.807, 2.05) is 0 Å². The van der Waals surface area contributed by atoms with Crippen LogP contribution in [-0.4, -0.2) is 45.3 Å². The summed E-state index contributed by atoms with van der Waals surface area (Å²) in [6.45, 7) is 0.193. The van der Waals surface area contributed by atoms with Crippen molar-refractivity contribution in [3.8, 4) is 0 Å². The summed E-state index contributed by atoms with van der Waals surface area (Å²) in [4.78, 5) is 23.8. The fourth-order valence-corrected chi connectivity index (χ4v) is 1.83. The number of nitrogens with zero attached hydrogens (tertiary/aromatic N) is 3. The van der Waals surface area contributed by atoms with Crippen LogP contribution in [0.2, 0.25) is 0 Å². The molecule has 0 aromatic carbocycles. The van der Waals surface area contributed by atoms with Gasteiger partial charge in [0.15, 0.2) is 0 Å². The molecule has 92 valence electrons. The molecule has 17 heavy (non-hydrogen) atoms. The van der Waals surface area contributed by atoms with Crippen LogP contribution in [0.1, 0.15) is 12.8 Å². The van der Waals surface area contributed by atoms with Crippen molar-refractivity contribution in [2.75, 3.05) is 18.4 Å². The highest BCUT2D eigenvalue weighted by molar-refractivity contribution is 7.13. The number of hydrogen-bond acceptors (Lipinski definition) is 5. The molecular weight excluding hydrogens is 244 g/mol. The van der Waals surface area contributed by atoms with Crippen molar-refractivity contribution in [3.05, 3.63) is 5.51 Å². The molecule has 0 aliphatic heterocycles. The van der Waals surface area contributed by atoms with Crippen molar-refractivity contribution in [2.24, 2.45) is 5.92 Å². The average Bonchev–Trinajstić information content (AvgIpc) is 2.92. The minimum atomic E-state index is -1.02. The zero-order valence-corrected chi connectivity index (χ0v) is 9.81. The van der Waals surface area contributed by atoms with Gasteiger partial charge in [0.25, 0.3) is 0 Å². The number of urea groups is 1. The van der Waals surface area contributed by atoms with E-state index in [2.05, 4.69) is 15.5 Å². The molecule has 0 atom stereocenters. The maximum absolute atomic E-state index is 11.8. The minimum Gasteiger partial charge on any atom is -0.480 e. The highest BCUT2D eigenvalue weighted by Crippen LogP contribution is 2.29. The summed E-state index contributed by atoms with van der Waals surface area (Å²) >= 11 is 1.19. The lowest BCUT2D eigenvalue weighted by molar-refractivity contribution is -0.137. The molecule has 0 bridgehead atoms. The predicted octanol–water partition coefficient (Wildman–Crippen LogP) is 0.867. The Bertz CT molecular complexity index is 404. The first kappa shape index (κ1) is 11.8. The number of carboxylic acids is 1. The maximum Gasteiger partial charge on any atom is 0.324 e. The quantitative estimate of drug-likeness (QED) is 0.814. The van der Waals surface area contributed by atoms with Crippen LogP contribution in [0.5, 0.6) is 0 Å². The maximum atomic E-state index is 11.8. The number of amides is 2. The molecule has 8 heteroatoms. The van der Waals surface area contributed by atoms with Crippen molar-refractivity contribution >= 4 is 28.5 Å². The fraction of sp³-hybridized carbons (Fsp3) is 0.556. The van der Waals surface area contributed by atoms with Gasteiger partial charge in [0, 0.05) is 6.54 Å². The van der Waals surface area contributed by atoms with Gasteiger partial charge in [-0.1, -0.05) is 11.3 Å². The summed E-state index contributed by atoms with van der Waals surface area (Å²) in [7, 11) is 0. The van der Waals surface area contributed by atoms with E-state index in [0.717, 1.165) is 12.8 Å². The Morgan fingerprint density at radius 2 is 2.35 bits per heavy atom. The van der Waals surface area contributed by atoms with Crippen LogP contribution in [0.3, 0.4) is 0 Å². The Labute approximate surface area is 101 Å². The number of aromatic nitrogens is 2. The van der Waals surface area contributed by atoms with Crippen LogP contribution in [0.15, 0.2) is 5.51 Å². The second-order valence-electron chi connectivity index (χ2n) is 3.89. The van der Waals surface area contributed by atoms with Gasteiger partial charge < -0.3 is 10.0 Å². The van der Waals surface area contributed by atoms with E-state index in [9.17, 15) is 9.59 Å². The Morgan fingerprint density at radius 3 is 2.88 bits per heavy atom. The van der Waals surface area contributed by atoms with Gasteiger partial charge in [-0.25, -0.2) is 4.79 Å². The van der Waals surface area contributed by atoms with E-state index in [0.29, 0.717) is 17.6 Å². The lowest BCUT2D eigenvalue weighted by atomic mass is 10.4. The molecule has 1 aromatic heterocycles. The Balaban J connectivity index is 1.93. The molecule has 1 saturated carbocycles. The molecule has 1 heterocycles. The van der Waals surface area contributed by atoms with E-state index >= 15 is 0 Å². The third kappa shape index (κ3) is 3.66. The molecule has 0 unspecified atom stereocenters. The monoisotopic (exact) mass is 256 g/mol. The molecule has 1 aliphatic rings. The summed E-state index contributed by atoms with van der Waals surface area (Å²) in [5, 5.41) is 18.9. The molecule has 0 radical (unpaired) electrons. The van der Waals surface area contributed by atoms with Crippen molar-refractivity contribution in [1.82, 2.24) is 15.1 Å². The first-order chi connectivity index (χ1) is 8.15. The first-order valence-corrected chi connectivity index (χ1v) is 6.07. The van der Waals surface area contributed by atoms with E-state index in [1.54, 1.807) is 0 Å². The van der Waals surface area contributed by atoms with Crippen molar-refractivity contribution in [3.63, 3.8) is 0 Å². The number of aliphatic carboxylic acids is 1. The second kappa shape index (κ2) is 5.09. The van der Waals surface area contributed by atoms with Gasteiger partial charge >= 0.3 is 12.0 Å². The van der Waals surface area contributed by atoms with Crippen LogP contribution in [0.25, 0.3) is 0 Å². The Hall–Kier alpha value is -1.70. The molecule has 2 N–H and O–H groups in total. The second-order valence-corrected chi connectivity index (χ2v) is 4.72. The lowest BCUT2D eigenvalue weighted by Gasteiger charge is -2.19. The summed E-state index contributed by atoms with van der Waals surface area (Å²) in [5.41, 5.74) is 1.50. The van der Waals surface area contributed by atoms with Crippen LogP contribution in [0, 0.1) is 5.92 Å². The number of anilines is 1. The van der Waals surface area contributed by atoms with E-state index in [-0.39, 0.29) is 6.54 Å². The molecule has 1 fully saturated rings. The number of carboxylic acid groups (broad SMARTS) is 1. The van der Waals surface area contributed by atoms with E-state index < -0.39 is 12.0 Å². The first-order valence-electron chi connectivity index (χ1n) is 5.19. The number of carbonyl (C=O) groups excluding carboxylic acids is 1. The van der Waals surface area contributed by atoms with E-state index in [1.165, 1.54) is 21.7 Å². The molecule has 1 aromatic rings. The van der Waals surface area contributed by atoms with Crippen molar-refractivity contribution in [2.45, 2.75) is 12.8 Å². The molecule has 0 saturated heterocycles. The zero-order chi connectivity index (χ0) is 12.3. The van der Waals surface area contributed by atoms with Crippen LogP contribution < -0.4 is 5.32 Å². The molecule has 2 rings (SSSR count). The van der Waals surface area contributed by atoms with Gasteiger partial charge in [-0.3, -0.25) is 10.1 Å². The predicted molar refractivity (Wildman–Crippen MR) is 60.9 cm³/mol. The van der Waals surface area contributed by atoms with Gasteiger partial charge in [-0.05, 0) is 18.8 Å². The molecule has 7 nitrogen and oxygen atoms in total. The lowest BCUT2D eigenvalue weighted by Crippen LogP contribution is -2.40. The third-order valence-corrected chi connectivity index (χ3v) is 2.97. The minimum absolute atomic E-state index is 0.291. The van der Waals surface area contributed by atoms with Gasteiger partial charge in [-0.15, -0.1) is 10.2 Å². The standard InChI is InChI=1S/C9H12N4O3S/c14-7(15)4-13(3-6-1-2-6)9(16)11-8-12-10-5-17-8/h5-6H,1-4H2,(H,14,15)(H,11,12,16). The van der Waals surface area contributed by atoms with Crippen LogP contribution in [-0.2, 0) is 4.79 Å². The van der Waals surface area contributed by atoms with Gasteiger partial charge in [0.1, 0.15) is 12.1 Å². The molecular formula is C9H12N4O3S. The zero-order valence-electron chi connectivity index (χ0n) is 9.00. The molecule has 2 amide bonds. The number of hydrogen-bond donors (Lipinski definition) is 2. The SMILES string of the molecule is O=C(O)CN(CC1CC1)C(=O)Nc1nncs1. The van der Waals surface area contributed by atoms with Gasteiger partial charge in [0.05, 0.1) is 0 Å². The summed E-state index contributed by atoms with van der Waals surface area (Å²) in [6.07, 6.45) is 2.12. The number of rotatable bonds is 5. The van der Waals surface area contributed by atoms with Crippen LogP contribution >= 0.6 is 11.3 Å². The number of carbonyl (C=O) groups is 2. The van der Waals surface area contributed by atoms with Crippen molar-refractivity contribution in [1.29, 1.82) is 0 Å². The highest BCUT2D eigenvalue weighted by atomic mass is 32.1. The fourth-order valence-electron chi connectivity index (χ4n) is 1.39. The largest absolute Gasteiger partial charge is 0.480 e. The smallest absolute Gasteiger partial charge is 0.324 e. The molecule has 0 spiro atoms. The summed E-state index contributed by atoms with van der Waals surface area (Å²) < 4.78 is 0. The van der Waals surface area contributed by atoms with Crippen LogP contribution in [0.4, 0.5) is 9.93 Å². The van der Waals surface area contributed by atoms with Crippen molar-refractivity contribution < 1.29 is 14.7 Å². The van der Waals surface area contributed by atoms with Gasteiger partial charge in [-0.2, -0.15) is 0 Å². The Kier molecular flexibility index (Phi) is 3.52. The summed E-state index contributed by atoms with van der Waals surface area (Å²) in [6, 6.07) is -0.434. The highest BCUT2D eigenvalue weighted by Gasteiger charge is 2.28. The normalized spacial score (nSPS) is 14.4. The number of nitrogens with one attached hydrogen (secondary N) is 1. The average molecular weight is 256 g/mol. The van der Waals surface area contributed by atoms with E-state index in [4.69, 9.17) is 5.11 Å². The van der Waals surface area contributed by atoms with Gasteiger partial charge in [0.2, 0.25) is 5.13 Å². The third-order valence-electron chi connectivity index (χ3n) is 2.36. The summed E-state index contributed by atoms with van der Waals surface area (Å²) in [5.74, 6) is -0.576.